The van der Waals surface area contributed by atoms with Gasteiger partial charge in [-0.15, -0.1) is 0 Å². The fourth-order valence-corrected chi connectivity index (χ4v) is 2.20. The van der Waals surface area contributed by atoms with Gasteiger partial charge in [-0.2, -0.15) is 0 Å². The Labute approximate surface area is 143 Å². The van der Waals surface area contributed by atoms with E-state index in [9.17, 15) is 14.4 Å². The summed E-state index contributed by atoms with van der Waals surface area (Å²) in [6.45, 7) is 2.48. The maximum Gasteiger partial charge on any atom is 0.236 e. The fraction of sp³-hybridized carbons (Fsp3) is 0.750. The molecule has 8 nitrogen and oxygen atoms in total. The van der Waals surface area contributed by atoms with E-state index in [0.717, 1.165) is 32.0 Å². The van der Waals surface area contributed by atoms with Gasteiger partial charge in [0.2, 0.25) is 5.91 Å². The third-order valence-electron chi connectivity index (χ3n) is 3.73. The van der Waals surface area contributed by atoms with Gasteiger partial charge < -0.3 is 27.3 Å². The maximum atomic E-state index is 11.8. The molecule has 0 fully saturated rings. The predicted molar refractivity (Wildman–Crippen MR) is 94.2 cm³/mol. The number of ketones is 1. The zero-order chi connectivity index (χ0) is 18.4. The van der Waals surface area contributed by atoms with Gasteiger partial charge in [0.05, 0.1) is 12.0 Å². The van der Waals surface area contributed by atoms with Crippen molar-refractivity contribution in [1.82, 2.24) is 5.32 Å². The minimum atomic E-state index is -0.553. The van der Waals surface area contributed by atoms with Crippen molar-refractivity contribution >= 4 is 23.9 Å². The number of hydrogen-bond acceptors (Lipinski definition) is 5. The lowest BCUT2D eigenvalue weighted by Gasteiger charge is -2.11. The fourth-order valence-electron chi connectivity index (χ4n) is 2.20. The van der Waals surface area contributed by atoms with Crippen LogP contribution >= 0.6 is 0 Å². The Bertz CT molecular complexity index is 422. The highest BCUT2D eigenvalue weighted by atomic mass is 16.2. The highest BCUT2D eigenvalue weighted by Crippen LogP contribution is 2.10. The molecule has 0 aliphatic heterocycles. The number of nitrogens with two attached hydrogens (primary N) is 3. The number of aldehydes is 1. The number of nitrogens with zero attached hydrogens (tertiary/aromatic N) is 1. The summed E-state index contributed by atoms with van der Waals surface area (Å²) in [6, 6.07) is -0.553. The van der Waals surface area contributed by atoms with Crippen LogP contribution < -0.4 is 22.5 Å². The molecule has 7 N–H and O–H groups in total. The normalized spacial score (nSPS) is 12.9. The molecule has 24 heavy (non-hydrogen) atoms. The number of unbranched alkanes of at least 4 members (excludes halogenated alkanes) is 3. The Hall–Kier alpha value is -1.96. The Morgan fingerprint density at radius 1 is 1.08 bits per heavy atom. The van der Waals surface area contributed by atoms with E-state index in [0.29, 0.717) is 32.4 Å². The Balaban J connectivity index is 3.62. The molecule has 0 spiro atoms. The summed E-state index contributed by atoms with van der Waals surface area (Å²) in [5.74, 6) is -0.680. The Kier molecular flexibility index (Phi) is 12.4. The summed E-state index contributed by atoms with van der Waals surface area (Å²) in [6.07, 6.45) is 6.05. The lowest BCUT2D eigenvalue weighted by Crippen LogP contribution is -2.41. The largest absolute Gasteiger partial charge is 0.370 e. The SMILES string of the molecule is CC(=O)C(C=O)CCCCCCNC(=O)[C@@H](N)CCCN=C(N)N. The minimum absolute atomic E-state index is 0.0378. The molecule has 0 aromatic carbocycles. The van der Waals surface area contributed by atoms with Crippen molar-refractivity contribution in [2.24, 2.45) is 28.1 Å². The van der Waals surface area contributed by atoms with Crippen LogP contribution in [0.2, 0.25) is 0 Å². The van der Waals surface area contributed by atoms with Gasteiger partial charge in [0.25, 0.3) is 0 Å². The number of carbonyl (C=O) groups excluding carboxylic acids is 3. The minimum Gasteiger partial charge on any atom is -0.370 e. The van der Waals surface area contributed by atoms with Gasteiger partial charge in [0.1, 0.15) is 12.1 Å². The molecule has 0 rings (SSSR count). The molecule has 8 heteroatoms. The average molecular weight is 341 g/mol. The van der Waals surface area contributed by atoms with Crippen molar-refractivity contribution in [2.45, 2.75) is 57.9 Å². The summed E-state index contributed by atoms with van der Waals surface area (Å²) in [7, 11) is 0. The zero-order valence-electron chi connectivity index (χ0n) is 14.5. The number of nitrogens with one attached hydrogen (secondary N) is 1. The van der Waals surface area contributed by atoms with Crippen LogP contribution in [0.4, 0.5) is 0 Å². The average Bonchev–Trinajstić information content (AvgIpc) is 2.53. The lowest BCUT2D eigenvalue weighted by atomic mass is 9.99. The topological polar surface area (TPSA) is 154 Å². The van der Waals surface area contributed by atoms with Crippen molar-refractivity contribution in [3.8, 4) is 0 Å². The monoisotopic (exact) mass is 341 g/mol. The molecule has 0 radical (unpaired) electrons. The first kappa shape index (κ1) is 22.0. The summed E-state index contributed by atoms with van der Waals surface area (Å²) >= 11 is 0. The van der Waals surface area contributed by atoms with Crippen molar-refractivity contribution in [2.75, 3.05) is 13.1 Å². The van der Waals surface area contributed by atoms with E-state index in [4.69, 9.17) is 17.2 Å². The second kappa shape index (κ2) is 13.5. The van der Waals surface area contributed by atoms with Gasteiger partial charge in [-0.3, -0.25) is 14.6 Å². The van der Waals surface area contributed by atoms with Crippen LogP contribution in [-0.4, -0.2) is 43.1 Å². The van der Waals surface area contributed by atoms with Gasteiger partial charge in [-0.05, 0) is 32.6 Å². The molecule has 0 aromatic rings. The van der Waals surface area contributed by atoms with Gasteiger partial charge in [-0.25, -0.2) is 0 Å². The van der Waals surface area contributed by atoms with Gasteiger partial charge >= 0.3 is 0 Å². The van der Waals surface area contributed by atoms with E-state index >= 15 is 0 Å². The smallest absolute Gasteiger partial charge is 0.236 e. The highest BCUT2D eigenvalue weighted by Gasteiger charge is 2.13. The van der Waals surface area contributed by atoms with Crippen LogP contribution in [0.3, 0.4) is 0 Å². The quantitative estimate of drug-likeness (QED) is 0.113. The van der Waals surface area contributed by atoms with E-state index in [1.54, 1.807) is 0 Å². The molecule has 0 aliphatic rings. The van der Waals surface area contributed by atoms with E-state index in [-0.39, 0.29) is 17.6 Å². The maximum absolute atomic E-state index is 11.8. The number of carbonyl (C=O) groups is 3. The predicted octanol–water partition coefficient (Wildman–Crippen LogP) is -0.162. The van der Waals surface area contributed by atoms with Crippen LogP contribution in [0.15, 0.2) is 4.99 Å². The van der Waals surface area contributed by atoms with Gasteiger partial charge in [-0.1, -0.05) is 19.3 Å². The summed E-state index contributed by atoms with van der Waals surface area (Å²) < 4.78 is 0. The number of aliphatic imine (C=N–C) groups is 1. The first-order valence-electron chi connectivity index (χ1n) is 8.43. The van der Waals surface area contributed by atoms with E-state index < -0.39 is 12.0 Å². The molecule has 1 unspecified atom stereocenters. The number of rotatable bonds is 14. The number of guanidine groups is 1. The molecule has 0 bridgehead atoms. The molecular weight excluding hydrogens is 310 g/mol. The van der Waals surface area contributed by atoms with Crippen molar-refractivity contribution in [3.05, 3.63) is 0 Å². The van der Waals surface area contributed by atoms with E-state index in [1.165, 1.54) is 6.92 Å². The molecule has 0 heterocycles. The van der Waals surface area contributed by atoms with E-state index in [2.05, 4.69) is 10.3 Å². The number of amides is 1. The Morgan fingerprint density at radius 2 is 1.75 bits per heavy atom. The van der Waals surface area contributed by atoms with Crippen LogP contribution in [-0.2, 0) is 14.4 Å². The zero-order valence-corrected chi connectivity index (χ0v) is 14.5. The van der Waals surface area contributed by atoms with E-state index in [1.807, 2.05) is 0 Å². The van der Waals surface area contributed by atoms with Crippen LogP contribution in [0.1, 0.15) is 51.9 Å². The highest BCUT2D eigenvalue weighted by molar-refractivity contribution is 5.91. The number of hydrogen-bond donors (Lipinski definition) is 4. The second-order valence-corrected chi connectivity index (χ2v) is 5.90. The van der Waals surface area contributed by atoms with Crippen LogP contribution in [0.25, 0.3) is 0 Å². The second-order valence-electron chi connectivity index (χ2n) is 5.90. The molecular formula is C16H31N5O3. The Morgan fingerprint density at radius 3 is 2.33 bits per heavy atom. The molecule has 0 saturated heterocycles. The summed E-state index contributed by atoms with van der Waals surface area (Å²) in [4.78, 5) is 37.4. The molecule has 1 amide bonds. The standard InChI is InChI=1S/C16H31N5O3/c1-12(23)13(11-22)7-4-2-3-5-9-20-15(24)14(17)8-6-10-21-16(18)19/h11,13-14H,2-10,17H2,1H3,(H,20,24)(H4,18,19,21)/t13?,14-/m0/s1. The third kappa shape index (κ3) is 11.6. The van der Waals surface area contributed by atoms with Crippen LogP contribution in [0, 0.1) is 5.92 Å². The van der Waals surface area contributed by atoms with Crippen molar-refractivity contribution in [1.29, 1.82) is 0 Å². The van der Waals surface area contributed by atoms with Crippen molar-refractivity contribution < 1.29 is 14.4 Å². The summed E-state index contributed by atoms with van der Waals surface area (Å²) in [5, 5.41) is 2.80. The molecule has 0 aromatic heterocycles. The molecule has 0 saturated carbocycles. The van der Waals surface area contributed by atoms with Crippen LogP contribution in [0.5, 0.6) is 0 Å². The molecule has 138 valence electrons. The van der Waals surface area contributed by atoms with Gasteiger partial charge in [0.15, 0.2) is 5.96 Å². The molecule has 2 atom stereocenters. The van der Waals surface area contributed by atoms with Gasteiger partial charge in [0, 0.05) is 13.1 Å². The molecule has 0 aliphatic carbocycles. The first-order valence-corrected chi connectivity index (χ1v) is 8.43. The first-order chi connectivity index (χ1) is 11.4. The van der Waals surface area contributed by atoms with Crippen molar-refractivity contribution in [3.63, 3.8) is 0 Å². The summed E-state index contributed by atoms with van der Waals surface area (Å²) in [5.41, 5.74) is 16.2. The third-order valence-corrected chi connectivity index (χ3v) is 3.73. The lowest BCUT2D eigenvalue weighted by molar-refractivity contribution is -0.126. The number of Topliss-reactive ketones (excluding diaryl/α,β-unsaturated/α-hetero) is 1.